The summed E-state index contributed by atoms with van der Waals surface area (Å²) in [4.78, 5) is 26.4. The van der Waals surface area contributed by atoms with Crippen molar-refractivity contribution < 1.29 is 14.0 Å². The SMILES string of the molecule is CC1(C)CN(C(=O)Nc2ccc(F)cc2)C2(S1)C(=O)Nc1ccc(Cl)cc12. The van der Waals surface area contributed by atoms with Crippen LogP contribution in [-0.4, -0.2) is 28.1 Å². The second kappa shape index (κ2) is 6.14. The van der Waals surface area contributed by atoms with E-state index in [0.717, 1.165) is 0 Å². The highest BCUT2D eigenvalue weighted by molar-refractivity contribution is 8.02. The number of halogens is 2. The highest BCUT2D eigenvalue weighted by Crippen LogP contribution is 2.58. The zero-order valence-electron chi connectivity index (χ0n) is 14.7. The van der Waals surface area contributed by atoms with E-state index in [9.17, 15) is 14.0 Å². The summed E-state index contributed by atoms with van der Waals surface area (Å²) >= 11 is 7.59. The van der Waals surface area contributed by atoms with Crippen LogP contribution in [0.15, 0.2) is 42.5 Å². The molecule has 2 heterocycles. The van der Waals surface area contributed by atoms with Gasteiger partial charge in [0.2, 0.25) is 0 Å². The third-order valence-electron chi connectivity index (χ3n) is 4.59. The zero-order chi connectivity index (χ0) is 19.4. The summed E-state index contributed by atoms with van der Waals surface area (Å²) in [6.07, 6.45) is 0. The highest BCUT2D eigenvalue weighted by Gasteiger charge is 2.61. The Morgan fingerprint density at radius 2 is 1.96 bits per heavy atom. The number of nitrogens with one attached hydrogen (secondary N) is 2. The van der Waals surface area contributed by atoms with Crippen molar-refractivity contribution in [3.05, 3.63) is 58.9 Å². The molecule has 2 aliphatic rings. The van der Waals surface area contributed by atoms with E-state index in [1.807, 2.05) is 13.8 Å². The van der Waals surface area contributed by atoms with Crippen LogP contribution in [0.3, 0.4) is 0 Å². The van der Waals surface area contributed by atoms with E-state index < -0.39 is 10.9 Å². The average molecular weight is 406 g/mol. The quantitative estimate of drug-likeness (QED) is 0.726. The first-order chi connectivity index (χ1) is 12.7. The molecular weight excluding hydrogens is 389 g/mol. The Kier molecular flexibility index (Phi) is 4.12. The molecule has 0 radical (unpaired) electrons. The summed E-state index contributed by atoms with van der Waals surface area (Å²) in [6, 6.07) is 10.2. The standard InChI is InChI=1S/C19H17ClFN3O2S/c1-18(2)10-24(17(26)22-13-6-4-12(21)5-7-13)19(27-18)14-9-11(20)3-8-15(14)23-16(19)25/h3-9H,10H2,1-2H3,(H,22,26)(H,23,25). The van der Waals surface area contributed by atoms with Crippen LogP contribution in [0, 0.1) is 5.82 Å². The number of rotatable bonds is 1. The molecule has 1 unspecified atom stereocenters. The van der Waals surface area contributed by atoms with Gasteiger partial charge in [0.05, 0.1) is 0 Å². The molecule has 27 heavy (non-hydrogen) atoms. The average Bonchev–Trinajstić information content (AvgIpc) is 3.04. The molecule has 1 spiro atoms. The Labute approximate surface area is 165 Å². The molecule has 4 rings (SSSR count). The maximum Gasteiger partial charge on any atom is 0.323 e. The van der Waals surface area contributed by atoms with E-state index in [1.165, 1.54) is 40.9 Å². The Morgan fingerprint density at radius 1 is 1.26 bits per heavy atom. The van der Waals surface area contributed by atoms with Gasteiger partial charge in [-0.1, -0.05) is 11.6 Å². The number of thioether (sulfide) groups is 1. The summed E-state index contributed by atoms with van der Waals surface area (Å²) in [5.74, 6) is -0.661. The fourth-order valence-corrected chi connectivity index (χ4v) is 5.37. The van der Waals surface area contributed by atoms with Crippen molar-refractivity contribution in [1.82, 2.24) is 4.90 Å². The monoisotopic (exact) mass is 405 g/mol. The normalized spacial score (nSPS) is 22.7. The molecule has 0 saturated carbocycles. The minimum atomic E-state index is -1.20. The molecule has 0 aliphatic carbocycles. The molecule has 140 valence electrons. The number of fused-ring (bicyclic) bond motifs is 2. The van der Waals surface area contributed by atoms with Gasteiger partial charge in [-0.15, -0.1) is 11.8 Å². The largest absolute Gasteiger partial charge is 0.323 e. The van der Waals surface area contributed by atoms with E-state index in [0.29, 0.717) is 28.5 Å². The van der Waals surface area contributed by atoms with Crippen LogP contribution in [0.2, 0.25) is 5.02 Å². The number of amides is 3. The maximum absolute atomic E-state index is 13.1. The molecule has 0 aromatic heterocycles. The maximum atomic E-state index is 13.1. The summed E-state index contributed by atoms with van der Waals surface area (Å²) in [5.41, 5.74) is 1.77. The second-order valence-corrected chi connectivity index (χ2v) is 9.51. The van der Waals surface area contributed by atoms with Crippen LogP contribution in [0.4, 0.5) is 20.6 Å². The van der Waals surface area contributed by atoms with Crippen molar-refractivity contribution >= 4 is 46.7 Å². The molecule has 0 bridgehead atoms. The van der Waals surface area contributed by atoms with E-state index in [2.05, 4.69) is 10.6 Å². The smallest absolute Gasteiger partial charge is 0.323 e. The summed E-state index contributed by atoms with van der Waals surface area (Å²) in [5, 5.41) is 6.12. The number of nitrogens with zero attached hydrogens (tertiary/aromatic N) is 1. The number of anilines is 2. The molecule has 2 aromatic carbocycles. The lowest BCUT2D eigenvalue weighted by molar-refractivity contribution is -0.121. The van der Waals surface area contributed by atoms with Crippen LogP contribution in [0.5, 0.6) is 0 Å². The van der Waals surface area contributed by atoms with Gasteiger partial charge in [0.15, 0.2) is 4.87 Å². The first-order valence-corrected chi connectivity index (χ1v) is 9.57. The third kappa shape index (κ3) is 2.95. The van der Waals surface area contributed by atoms with Gasteiger partial charge in [-0.2, -0.15) is 0 Å². The topological polar surface area (TPSA) is 61.4 Å². The predicted molar refractivity (Wildman–Crippen MR) is 106 cm³/mol. The number of carbonyl (C=O) groups is 2. The van der Waals surface area contributed by atoms with Gasteiger partial charge in [-0.05, 0) is 56.3 Å². The minimum absolute atomic E-state index is 0.274. The third-order valence-corrected chi connectivity index (χ3v) is 6.42. The van der Waals surface area contributed by atoms with Crippen molar-refractivity contribution in [2.45, 2.75) is 23.5 Å². The van der Waals surface area contributed by atoms with Crippen LogP contribution >= 0.6 is 23.4 Å². The second-order valence-electron chi connectivity index (χ2n) is 7.17. The van der Waals surface area contributed by atoms with E-state index in [1.54, 1.807) is 18.2 Å². The van der Waals surface area contributed by atoms with Crippen molar-refractivity contribution in [2.24, 2.45) is 0 Å². The molecule has 2 aromatic rings. The molecule has 2 N–H and O–H groups in total. The van der Waals surface area contributed by atoms with Gasteiger partial charge in [0.1, 0.15) is 5.82 Å². The first-order valence-electron chi connectivity index (χ1n) is 8.37. The molecule has 1 atom stereocenters. The van der Waals surface area contributed by atoms with E-state index >= 15 is 0 Å². The van der Waals surface area contributed by atoms with Gasteiger partial charge in [0.25, 0.3) is 5.91 Å². The molecule has 1 saturated heterocycles. The number of hydrogen-bond acceptors (Lipinski definition) is 3. The lowest BCUT2D eigenvalue weighted by Crippen LogP contribution is -2.49. The van der Waals surface area contributed by atoms with Crippen molar-refractivity contribution in [1.29, 1.82) is 0 Å². The molecule has 3 amide bonds. The Bertz CT molecular complexity index is 950. The lowest BCUT2D eigenvalue weighted by Gasteiger charge is -2.32. The number of benzene rings is 2. The Morgan fingerprint density at radius 3 is 2.67 bits per heavy atom. The van der Waals surface area contributed by atoms with Crippen LogP contribution in [-0.2, 0) is 9.67 Å². The number of carbonyl (C=O) groups excluding carboxylic acids is 2. The molecule has 5 nitrogen and oxygen atoms in total. The fraction of sp³-hybridized carbons (Fsp3) is 0.263. The summed E-state index contributed by atoms with van der Waals surface area (Å²) < 4.78 is 12.8. The van der Waals surface area contributed by atoms with Gasteiger partial charge in [0, 0.05) is 33.3 Å². The minimum Gasteiger partial charge on any atom is -0.323 e. The van der Waals surface area contributed by atoms with Gasteiger partial charge >= 0.3 is 6.03 Å². The Balaban J connectivity index is 1.75. The fourth-order valence-electron chi connectivity index (χ4n) is 3.52. The molecule has 1 fully saturated rings. The highest BCUT2D eigenvalue weighted by atomic mass is 35.5. The molecular formula is C19H17ClFN3O2S. The zero-order valence-corrected chi connectivity index (χ0v) is 16.2. The summed E-state index contributed by atoms with van der Waals surface area (Å²) in [6.45, 7) is 4.34. The van der Waals surface area contributed by atoms with Crippen molar-refractivity contribution in [3.63, 3.8) is 0 Å². The van der Waals surface area contributed by atoms with Gasteiger partial charge in [-0.3, -0.25) is 9.69 Å². The number of urea groups is 1. The Hall–Kier alpha value is -2.25. The van der Waals surface area contributed by atoms with Crippen molar-refractivity contribution in [3.8, 4) is 0 Å². The number of hydrogen-bond donors (Lipinski definition) is 2. The van der Waals surface area contributed by atoms with Crippen LogP contribution < -0.4 is 10.6 Å². The van der Waals surface area contributed by atoms with Crippen molar-refractivity contribution in [2.75, 3.05) is 17.2 Å². The van der Waals surface area contributed by atoms with E-state index in [4.69, 9.17) is 11.6 Å². The molecule has 8 heteroatoms. The lowest BCUT2D eigenvalue weighted by atomic mass is 10.0. The first kappa shape index (κ1) is 18.1. The van der Waals surface area contributed by atoms with Gasteiger partial charge < -0.3 is 10.6 Å². The molecule has 2 aliphatic heterocycles. The van der Waals surface area contributed by atoms with Gasteiger partial charge in [-0.25, -0.2) is 9.18 Å². The van der Waals surface area contributed by atoms with Crippen LogP contribution in [0.1, 0.15) is 19.4 Å². The van der Waals surface area contributed by atoms with E-state index in [-0.39, 0.29) is 16.5 Å². The predicted octanol–water partition coefficient (Wildman–Crippen LogP) is 4.64. The van der Waals surface area contributed by atoms with Crippen LogP contribution in [0.25, 0.3) is 0 Å². The summed E-state index contributed by atoms with van der Waals surface area (Å²) in [7, 11) is 0.